The summed E-state index contributed by atoms with van der Waals surface area (Å²) in [6.45, 7) is 0. The van der Waals surface area contributed by atoms with E-state index in [-0.39, 0.29) is 6.10 Å². The Hall–Kier alpha value is -0.760. The molecule has 0 bridgehead atoms. The minimum atomic E-state index is -0.0776. The molecular formula is C10H15NO. The lowest BCUT2D eigenvalue weighted by Gasteiger charge is -2.27. The van der Waals surface area contributed by atoms with Crippen LogP contribution in [0.15, 0.2) is 24.5 Å². The smallest absolute Gasteiger partial charge is 0.0560 e. The first-order chi connectivity index (χ1) is 5.86. The van der Waals surface area contributed by atoms with Crippen LogP contribution in [0.1, 0.15) is 31.7 Å². The molecule has 0 aliphatic heterocycles. The van der Waals surface area contributed by atoms with Crippen LogP contribution in [-0.2, 0) is 0 Å². The first-order valence-electron chi connectivity index (χ1n) is 4.67. The Morgan fingerprint density at radius 2 is 1.92 bits per heavy atom. The molecule has 66 valence electrons. The molecule has 0 radical (unpaired) electrons. The predicted molar refractivity (Wildman–Crippen MR) is 47.9 cm³/mol. The molecule has 12 heavy (non-hydrogen) atoms. The van der Waals surface area contributed by atoms with Crippen LogP contribution < -0.4 is 0 Å². The largest absolute Gasteiger partial charge is 0.393 e. The molecule has 1 saturated carbocycles. The third kappa shape index (κ3) is 1.53. The van der Waals surface area contributed by atoms with Crippen LogP contribution in [0.5, 0.6) is 0 Å². The second kappa shape index (κ2) is 3.31. The van der Waals surface area contributed by atoms with Gasteiger partial charge in [0, 0.05) is 18.4 Å². The zero-order chi connectivity index (χ0) is 8.39. The lowest BCUT2D eigenvalue weighted by Crippen LogP contribution is -2.21. The number of aliphatic hydroxyl groups is 1. The van der Waals surface area contributed by atoms with Crippen molar-refractivity contribution in [1.82, 2.24) is 4.57 Å². The van der Waals surface area contributed by atoms with Gasteiger partial charge in [0.2, 0.25) is 0 Å². The van der Waals surface area contributed by atoms with Crippen LogP contribution in [0.3, 0.4) is 0 Å². The number of aliphatic hydroxyl groups excluding tert-OH is 1. The summed E-state index contributed by atoms with van der Waals surface area (Å²) >= 11 is 0. The fourth-order valence-electron chi connectivity index (χ4n) is 2.00. The zero-order valence-electron chi connectivity index (χ0n) is 7.19. The highest BCUT2D eigenvalue weighted by Crippen LogP contribution is 2.28. The minimum absolute atomic E-state index is 0.0776. The first kappa shape index (κ1) is 7.87. The highest BCUT2D eigenvalue weighted by molar-refractivity contribution is 4.94. The van der Waals surface area contributed by atoms with E-state index in [9.17, 15) is 5.11 Å². The lowest BCUT2D eigenvalue weighted by molar-refractivity contribution is 0.104. The summed E-state index contributed by atoms with van der Waals surface area (Å²) < 4.78 is 2.21. The molecule has 0 aromatic carbocycles. The Balaban J connectivity index is 2.04. The third-order valence-electron chi connectivity index (χ3n) is 2.67. The van der Waals surface area contributed by atoms with Crippen LogP contribution in [-0.4, -0.2) is 15.8 Å². The summed E-state index contributed by atoms with van der Waals surface area (Å²) in [4.78, 5) is 0. The highest BCUT2D eigenvalue weighted by Gasteiger charge is 2.20. The van der Waals surface area contributed by atoms with Crippen LogP contribution in [0.2, 0.25) is 0 Å². The van der Waals surface area contributed by atoms with Gasteiger partial charge in [-0.05, 0) is 37.8 Å². The van der Waals surface area contributed by atoms with Crippen molar-refractivity contribution in [3.63, 3.8) is 0 Å². The minimum Gasteiger partial charge on any atom is -0.393 e. The van der Waals surface area contributed by atoms with Crippen LogP contribution in [0.4, 0.5) is 0 Å². The summed E-state index contributed by atoms with van der Waals surface area (Å²) in [6.07, 6.45) is 8.37. The Kier molecular flexibility index (Phi) is 2.17. The molecular weight excluding hydrogens is 150 g/mol. The quantitative estimate of drug-likeness (QED) is 0.676. The van der Waals surface area contributed by atoms with E-state index in [0.29, 0.717) is 6.04 Å². The van der Waals surface area contributed by atoms with Crippen LogP contribution in [0, 0.1) is 0 Å². The fourth-order valence-corrected chi connectivity index (χ4v) is 2.00. The second-order valence-corrected chi connectivity index (χ2v) is 3.60. The predicted octanol–water partition coefficient (Wildman–Crippen LogP) is 1.96. The van der Waals surface area contributed by atoms with E-state index < -0.39 is 0 Å². The van der Waals surface area contributed by atoms with Crippen molar-refractivity contribution in [2.24, 2.45) is 0 Å². The van der Waals surface area contributed by atoms with Crippen LogP contribution in [0.25, 0.3) is 0 Å². The number of rotatable bonds is 1. The van der Waals surface area contributed by atoms with Crippen molar-refractivity contribution >= 4 is 0 Å². The summed E-state index contributed by atoms with van der Waals surface area (Å²) in [7, 11) is 0. The van der Waals surface area contributed by atoms with Crippen molar-refractivity contribution < 1.29 is 5.11 Å². The van der Waals surface area contributed by atoms with Crippen LogP contribution >= 0.6 is 0 Å². The Bertz CT molecular complexity index is 230. The van der Waals surface area contributed by atoms with Crippen molar-refractivity contribution in [3.05, 3.63) is 24.5 Å². The highest BCUT2D eigenvalue weighted by atomic mass is 16.3. The van der Waals surface area contributed by atoms with Crippen molar-refractivity contribution in [3.8, 4) is 0 Å². The van der Waals surface area contributed by atoms with E-state index in [1.165, 1.54) is 6.42 Å². The molecule has 1 N–H and O–H groups in total. The normalized spacial score (nSPS) is 30.4. The van der Waals surface area contributed by atoms with Gasteiger partial charge >= 0.3 is 0 Å². The molecule has 2 heteroatoms. The Morgan fingerprint density at radius 3 is 2.58 bits per heavy atom. The Labute approximate surface area is 72.8 Å². The average molecular weight is 165 g/mol. The molecule has 0 spiro atoms. The molecule has 1 aliphatic carbocycles. The summed E-state index contributed by atoms with van der Waals surface area (Å²) in [5, 5.41) is 9.47. The van der Waals surface area contributed by atoms with E-state index in [2.05, 4.69) is 17.0 Å². The number of hydrogen-bond acceptors (Lipinski definition) is 1. The maximum absolute atomic E-state index is 9.47. The molecule has 2 rings (SSSR count). The molecule has 2 nitrogen and oxygen atoms in total. The molecule has 2 atom stereocenters. The SMILES string of the molecule is OC1CCCC(n2cccc2)C1. The van der Waals surface area contributed by atoms with E-state index in [1.807, 2.05) is 12.1 Å². The van der Waals surface area contributed by atoms with Gasteiger partial charge in [-0.3, -0.25) is 0 Å². The van der Waals surface area contributed by atoms with E-state index in [1.54, 1.807) is 0 Å². The Morgan fingerprint density at radius 1 is 1.17 bits per heavy atom. The van der Waals surface area contributed by atoms with Gasteiger partial charge < -0.3 is 9.67 Å². The molecule has 0 saturated heterocycles. The summed E-state index contributed by atoms with van der Waals surface area (Å²) in [5.74, 6) is 0. The van der Waals surface area contributed by atoms with Crippen molar-refractivity contribution in [2.75, 3.05) is 0 Å². The van der Waals surface area contributed by atoms with Gasteiger partial charge in [-0.25, -0.2) is 0 Å². The molecule has 1 aliphatic rings. The average Bonchev–Trinajstić information content (AvgIpc) is 2.56. The van der Waals surface area contributed by atoms with Gasteiger partial charge in [-0.2, -0.15) is 0 Å². The number of nitrogens with zero attached hydrogens (tertiary/aromatic N) is 1. The summed E-state index contributed by atoms with van der Waals surface area (Å²) in [5.41, 5.74) is 0. The second-order valence-electron chi connectivity index (χ2n) is 3.60. The first-order valence-corrected chi connectivity index (χ1v) is 4.67. The van der Waals surface area contributed by atoms with Gasteiger partial charge in [0.25, 0.3) is 0 Å². The summed E-state index contributed by atoms with van der Waals surface area (Å²) in [6, 6.07) is 4.62. The molecule has 1 aromatic rings. The van der Waals surface area contributed by atoms with Gasteiger partial charge in [0.15, 0.2) is 0 Å². The van der Waals surface area contributed by atoms with E-state index in [4.69, 9.17) is 0 Å². The standard InChI is InChI=1S/C10H15NO/c12-10-5-3-4-9(8-10)11-6-1-2-7-11/h1-2,6-7,9-10,12H,3-5,8H2. The van der Waals surface area contributed by atoms with Gasteiger partial charge in [-0.1, -0.05) is 0 Å². The molecule has 1 fully saturated rings. The van der Waals surface area contributed by atoms with Gasteiger partial charge in [-0.15, -0.1) is 0 Å². The topological polar surface area (TPSA) is 25.2 Å². The van der Waals surface area contributed by atoms with Gasteiger partial charge in [0.05, 0.1) is 6.10 Å². The van der Waals surface area contributed by atoms with E-state index in [0.717, 1.165) is 19.3 Å². The van der Waals surface area contributed by atoms with Gasteiger partial charge in [0.1, 0.15) is 0 Å². The maximum atomic E-state index is 9.47. The fraction of sp³-hybridized carbons (Fsp3) is 0.600. The lowest BCUT2D eigenvalue weighted by atomic mass is 9.93. The molecule has 1 heterocycles. The number of hydrogen-bond donors (Lipinski definition) is 1. The molecule has 2 unspecified atom stereocenters. The third-order valence-corrected chi connectivity index (χ3v) is 2.67. The molecule has 1 aromatic heterocycles. The maximum Gasteiger partial charge on any atom is 0.0560 e. The van der Waals surface area contributed by atoms with E-state index >= 15 is 0 Å². The monoisotopic (exact) mass is 165 g/mol. The van der Waals surface area contributed by atoms with Crippen molar-refractivity contribution in [2.45, 2.75) is 37.8 Å². The van der Waals surface area contributed by atoms with Crippen molar-refractivity contribution in [1.29, 1.82) is 0 Å². The number of aromatic nitrogens is 1. The molecule has 0 amide bonds. The zero-order valence-corrected chi connectivity index (χ0v) is 7.19.